The lowest BCUT2D eigenvalue weighted by atomic mass is 9.95. The fourth-order valence-corrected chi connectivity index (χ4v) is 3.74. The Morgan fingerprint density at radius 1 is 0.792 bits per heavy atom. The second-order valence-electron chi connectivity index (χ2n) is 7.62. The molecule has 0 aromatic carbocycles. The van der Waals surface area contributed by atoms with Gasteiger partial charge in [0.2, 0.25) is 11.9 Å². The molecule has 0 saturated heterocycles. The van der Waals surface area contributed by atoms with Gasteiger partial charge >= 0.3 is 0 Å². The summed E-state index contributed by atoms with van der Waals surface area (Å²) in [7, 11) is 8.05. The van der Waals surface area contributed by atoms with Gasteiger partial charge in [0.25, 0.3) is 0 Å². The van der Waals surface area contributed by atoms with E-state index in [1.807, 2.05) is 43.0 Å². The summed E-state index contributed by atoms with van der Waals surface area (Å²) < 4.78 is 0. The zero-order chi connectivity index (χ0) is 17.5. The number of aliphatic imine (C=N–C) groups is 2. The minimum Gasteiger partial charge on any atom is -0.349 e. The molecular formula is C18H36N6. The lowest BCUT2D eigenvalue weighted by Crippen LogP contribution is -2.48. The van der Waals surface area contributed by atoms with Crippen molar-refractivity contribution in [3.8, 4) is 0 Å². The third kappa shape index (κ3) is 5.36. The van der Waals surface area contributed by atoms with Gasteiger partial charge in [-0.05, 0) is 25.7 Å². The Balaban J connectivity index is 2.25. The van der Waals surface area contributed by atoms with E-state index in [2.05, 4.69) is 0 Å². The predicted octanol–water partition coefficient (Wildman–Crippen LogP) is 2.66. The zero-order valence-electron chi connectivity index (χ0n) is 16.0. The molecule has 2 rings (SSSR count). The Morgan fingerprint density at radius 2 is 1.29 bits per heavy atom. The minimum atomic E-state index is 0.371. The summed E-state index contributed by atoms with van der Waals surface area (Å²) in [6.45, 7) is 0. The highest BCUT2D eigenvalue weighted by molar-refractivity contribution is 5.94. The van der Waals surface area contributed by atoms with Crippen LogP contribution in [-0.4, -0.2) is 67.0 Å². The van der Waals surface area contributed by atoms with Gasteiger partial charge in [0.15, 0.2) is 0 Å². The van der Waals surface area contributed by atoms with Crippen LogP contribution in [0, 0.1) is 0 Å². The second kappa shape index (κ2) is 9.25. The number of hydrogen-bond donors (Lipinski definition) is 1. The van der Waals surface area contributed by atoms with Gasteiger partial charge in [-0.1, -0.05) is 38.5 Å². The lowest BCUT2D eigenvalue weighted by Gasteiger charge is -2.33. The highest BCUT2D eigenvalue weighted by atomic mass is 15.5. The van der Waals surface area contributed by atoms with E-state index < -0.39 is 0 Å². The monoisotopic (exact) mass is 336 g/mol. The van der Waals surface area contributed by atoms with Gasteiger partial charge in [-0.25, -0.2) is 10.8 Å². The van der Waals surface area contributed by atoms with Crippen LogP contribution in [-0.2, 0) is 0 Å². The topological polar surface area (TPSA) is 60.5 Å². The van der Waals surface area contributed by atoms with Crippen LogP contribution in [0.2, 0.25) is 0 Å². The molecule has 0 amide bonds. The zero-order valence-corrected chi connectivity index (χ0v) is 16.0. The third-order valence-corrected chi connectivity index (χ3v) is 5.07. The molecule has 0 aliphatic heterocycles. The Hall–Kier alpha value is -1.30. The number of guanidine groups is 2. The summed E-state index contributed by atoms with van der Waals surface area (Å²) in [5.74, 6) is 8.12. The summed E-state index contributed by atoms with van der Waals surface area (Å²) in [5, 5.41) is 1.86. The van der Waals surface area contributed by atoms with Crippen LogP contribution in [0.3, 0.4) is 0 Å². The molecular weight excluding hydrogens is 300 g/mol. The summed E-state index contributed by atoms with van der Waals surface area (Å²) in [4.78, 5) is 13.9. The molecule has 2 saturated carbocycles. The van der Waals surface area contributed by atoms with E-state index >= 15 is 0 Å². The van der Waals surface area contributed by atoms with Gasteiger partial charge in [0.1, 0.15) is 0 Å². The van der Waals surface area contributed by atoms with Crippen LogP contribution < -0.4 is 5.84 Å². The smallest absolute Gasteiger partial charge is 0.238 e. The maximum Gasteiger partial charge on any atom is 0.238 e. The van der Waals surface area contributed by atoms with Gasteiger partial charge in [-0.3, -0.25) is 5.01 Å². The van der Waals surface area contributed by atoms with Gasteiger partial charge in [-0.15, -0.1) is 0 Å². The molecule has 0 aromatic heterocycles. The molecule has 0 spiro atoms. The number of nitrogens with two attached hydrogens (primary N) is 1. The van der Waals surface area contributed by atoms with E-state index in [0.717, 1.165) is 31.6 Å². The van der Waals surface area contributed by atoms with Crippen molar-refractivity contribution < 1.29 is 0 Å². The normalized spacial score (nSPS) is 20.6. The molecule has 0 bridgehead atoms. The minimum absolute atomic E-state index is 0.371. The van der Waals surface area contributed by atoms with E-state index in [0.29, 0.717) is 18.0 Å². The van der Waals surface area contributed by atoms with E-state index in [4.69, 9.17) is 15.8 Å². The second-order valence-corrected chi connectivity index (χ2v) is 7.62. The molecule has 2 fully saturated rings. The van der Waals surface area contributed by atoms with Crippen molar-refractivity contribution in [1.82, 2.24) is 14.8 Å². The van der Waals surface area contributed by atoms with Crippen molar-refractivity contribution in [3.63, 3.8) is 0 Å². The molecule has 0 radical (unpaired) electrons. The highest BCUT2D eigenvalue weighted by Gasteiger charge is 2.24. The number of nitrogens with zero attached hydrogens (tertiary/aromatic N) is 5. The molecule has 24 heavy (non-hydrogen) atoms. The lowest BCUT2D eigenvalue weighted by molar-refractivity contribution is 0.243. The molecule has 138 valence electrons. The van der Waals surface area contributed by atoms with Crippen molar-refractivity contribution in [3.05, 3.63) is 0 Å². The van der Waals surface area contributed by atoms with E-state index in [9.17, 15) is 0 Å². The summed E-state index contributed by atoms with van der Waals surface area (Å²) >= 11 is 0. The molecule has 0 heterocycles. The van der Waals surface area contributed by atoms with Gasteiger partial charge in [0, 0.05) is 34.2 Å². The first-order chi connectivity index (χ1) is 11.5. The van der Waals surface area contributed by atoms with Crippen LogP contribution in [0.5, 0.6) is 0 Å². The fraction of sp³-hybridized carbons (Fsp3) is 0.889. The number of rotatable bonds is 2. The van der Waals surface area contributed by atoms with E-state index in [-0.39, 0.29) is 0 Å². The average Bonchev–Trinajstić information content (AvgIpc) is 2.59. The maximum absolute atomic E-state index is 6.52. The van der Waals surface area contributed by atoms with Crippen molar-refractivity contribution >= 4 is 11.9 Å². The summed E-state index contributed by atoms with van der Waals surface area (Å²) in [5.41, 5.74) is 0. The van der Waals surface area contributed by atoms with E-state index in [1.54, 1.807) is 0 Å². The first-order valence-electron chi connectivity index (χ1n) is 9.54. The van der Waals surface area contributed by atoms with Gasteiger partial charge in [0.05, 0.1) is 6.04 Å². The largest absolute Gasteiger partial charge is 0.349 e. The number of hydrogen-bond acceptors (Lipinski definition) is 2. The SMILES string of the molecule is CN(C)C(=N/C(=N\C1CCCCC1)N(N)C1CCCCC1)N(C)C. The van der Waals surface area contributed by atoms with Crippen LogP contribution in [0.1, 0.15) is 64.2 Å². The quantitative estimate of drug-likeness (QED) is 0.364. The molecule has 2 N–H and O–H groups in total. The van der Waals surface area contributed by atoms with Crippen molar-refractivity contribution in [2.24, 2.45) is 15.8 Å². The number of hydrazine groups is 1. The Morgan fingerprint density at radius 3 is 1.79 bits per heavy atom. The summed E-state index contributed by atoms with van der Waals surface area (Å²) in [6.07, 6.45) is 12.3. The van der Waals surface area contributed by atoms with Crippen molar-refractivity contribution in [1.29, 1.82) is 0 Å². The van der Waals surface area contributed by atoms with Crippen LogP contribution in [0.4, 0.5) is 0 Å². The molecule has 0 atom stereocenters. The van der Waals surface area contributed by atoms with Crippen LogP contribution >= 0.6 is 0 Å². The average molecular weight is 337 g/mol. The first kappa shape index (κ1) is 19.0. The highest BCUT2D eigenvalue weighted by Crippen LogP contribution is 2.24. The Bertz CT molecular complexity index is 421. The standard InChI is InChI=1S/C18H36N6/c1-22(2)18(23(3)4)21-17(20-15-11-7-5-8-12-15)24(19)16-13-9-6-10-14-16/h15-16H,5-14,19H2,1-4H3/b20-17+. The fourth-order valence-electron chi connectivity index (χ4n) is 3.74. The Kier molecular flexibility index (Phi) is 7.34. The molecule has 0 aromatic rings. The molecule has 2 aliphatic rings. The maximum atomic E-state index is 6.52. The molecule has 2 aliphatic carbocycles. The molecule has 6 heteroatoms. The van der Waals surface area contributed by atoms with Gasteiger partial charge < -0.3 is 9.80 Å². The van der Waals surface area contributed by atoms with Gasteiger partial charge in [-0.2, -0.15) is 4.99 Å². The molecule has 0 unspecified atom stereocenters. The Labute approximate surface area is 147 Å². The van der Waals surface area contributed by atoms with E-state index in [1.165, 1.54) is 38.5 Å². The van der Waals surface area contributed by atoms with Crippen LogP contribution in [0.25, 0.3) is 0 Å². The summed E-state index contributed by atoms with van der Waals surface area (Å²) in [6, 6.07) is 0.744. The van der Waals surface area contributed by atoms with Crippen molar-refractivity contribution in [2.45, 2.75) is 76.3 Å². The first-order valence-corrected chi connectivity index (χ1v) is 9.54. The molecule has 6 nitrogen and oxygen atoms in total. The van der Waals surface area contributed by atoms with Crippen LogP contribution in [0.15, 0.2) is 9.98 Å². The third-order valence-electron chi connectivity index (χ3n) is 5.07. The van der Waals surface area contributed by atoms with Crippen molar-refractivity contribution in [2.75, 3.05) is 28.2 Å². The predicted molar refractivity (Wildman–Crippen MR) is 102 cm³/mol.